The standard InChI is InChI=1S/C12H9BrF2N2O2S/c1-2-19-11(18)9-5-20-12(16-9)17-10-7(13)3-6(14)4-8(10)15/h3-5H,2H2,1H3,(H,16,17). The summed E-state index contributed by atoms with van der Waals surface area (Å²) in [7, 11) is 0. The van der Waals surface area contributed by atoms with Crippen molar-refractivity contribution in [2.45, 2.75) is 6.92 Å². The van der Waals surface area contributed by atoms with Gasteiger partial charge in [-0.1, -0.05) is 0 Å². The molecule has 0 radical (unpaired) electrons. The average molecular weight is 363 g/mol. The molecule has 0 aliphatic carbocycles. The lowest BCUT2D eigenvalue weighted by Gasteiger charge is -2.06. The van der Waals surface area contributed by atoms with E-state index in [9.17, 15) is 13.6 Å². The number of ether oxygens (including phenoxy) is 1. The molecule has 1 aromatic heterocycles. The van der Waals surface area contributed by atoms with Gasteiger partial charge in [-0.15, -0.1) is 11.3 Å². The molecule has 2 rings (SSSR count). The van der Waals surface area contributed by atoms with Crippen LogP contribution in [0.4, 0.5) is 19.6 Å². The van der Waals surface area contributed by atoms with Crippen LogP contribution in [0.15, 0.2) is 22.0 Å². The summed E-state index contributed by atoms with van der Waals surface area (Å²) in [5.74, 6) is -1.99. The van der Waals surface area contributed by atoms with E-state index in [-0.39, 0.29) is 22.5 Å². The fourth-order valence-electron chi connectivity index (χ4n) is 1.40. The maximum atomic E-state index is 13.6. The molecule has 106 valence electrons. The van der Waals surface area contributed by atoms with Crippen molar-refractivity contribution in [2.75, 3.05) is 11.9 Å². The Labute approximate surface area is 125 Å². The molecule has 0 amide bonds. The van der Waals surface area contributed by atoms with Gasteiger partial charge >= 0.3 is 5.97 Å². The van der Waals surface area contributed by atoms with Gasteiger partial charge in [-0.3, -0.25) is 0 Å². The second-order valence-electron chi connectivity index (χ2n) is 3.63. The summed E-state index contributed by atoms with van der Waals surface area (Å²) in [5.41, 5.74) is 0.189. The minimum Gasteiger partial charge on any atom is -0.461 e. The second-order valence-corrected chi connectivity index (χ2v) is 5.34. The Bertz CT molecular complexity index is 625. The van der Waals surface area contributed by atoms with Gasteiger partial charge in [-0.05, 0) is 28.9 Å². The van der Waals surface area contributed by atoms with Gasteiger partial charge < -0.3 is 10.1 Å². The molecule has 0 aliphatic heterocycles. The number of carbonyl (C=O) groups excluding carboxylic acids is 1. The monoisotopic (exact) mass is 362 g/mol. The first-order chi connectivity index (χ1) is 9.51. The van der Waals surface area contributed by atoms with E-state index in [1.54, 1.807) is 6.92 Å². The third kappa shape index (κ3) is 3.31. The van der Waals surface area contributed by atoms with Gasteiger partial charge in [-0.2, -0.15) is 0 Å². The quantitative estimate of drug-likeness (QED) is 0.831. The van der Waals surface area contributed by atoms with Crippen LogP contribution in [-0.2, 0) is 4.74 Å². The van der Waals surface area contributed by atoms with Crippen LogP contribution in [0.5, 0.6) is 0 Å². The molecule has 0 fully saturated rings. The molecular formula is C12H9BrF2N2O2S. The Kier molecular flexibility index (Phi) is 4.66. The van der Waals surface area contributed by atoms with Gasteiger partial charge in [0.15, 0.2) is 16.6 Å². The number of carbonyl (C=O) groups is 1. The SMILES string of the molecule is CCOC(=O)c1csc(Nc2c(F)cc(F)cc2Br)n1. The van der Waals surface area contributed by atoms with E-state index in [2.05, 4.69) is 26.2 Å². The van der Waals surface area contributed by atoms with E-state index in [0.29, 0.717) is 5.13 Å². The van der Waals surface area contributed by atoms with Crippen molar-refractivity contribution in [2.24, 2.45) is 0 Å². The minimum absolute atomic E-state index is 0.0520. The van der Waals surface area contributed by atoms with E-state index < -0.39 is 17.6 Å². The lowest BCUT2D eigenvalue weighted by atomic mass is 10.3. The van der Waals surface area contributed by atoms with Crippen molar-refractivity contribution in [3.63, 3.8) is 0 Å². The van der Waals surface area contributed by atoms with Gasteiger partial charge in [0.05, 0.1) is 12.3 Å². The number of halogens is 3. The molecule has 1 aromatic carbocycles. The topological polar surface area (TPSA) is 51.2 Å². The molecule has 0 saturated heterocycles. The maximum Gasteiger partial charge on any atom is 0.357 e. The molecule has 0 spiro atoms. The van der Waals surface area contributed by atoms with E-state index in [1.165, 1.54) is 5.38 Å². The van der Waals surface area contributed by atoms with Gasteiger partial charge in [0.25, 0.3) is 0 Å². The van der Waals surface area contributed by atoms with Crippen LogP contribution in [0, 0.1) is 11.6 Å². The minimum atomic E-state index is -0.759. The summed E-state index contributed by atoms with van der Waals surface area (Å²) in [5, 5.41) is 4.50. The van der Waals surface area contributed by atoms with Crippen LogP contribution in [-0.4, -0.2) is 17.6 Å². The molecule has 0 unspecified atom stereocenters. The number of rotatable bonds is 4. The van der Waals surface area contributed by atoms with Crippen molar-refractivity contribution in [3.05, 3.63) is 39.3 Å². The summed E-state index contributed by atoms with van der Waals surface area (Å²) in [6.07, 6.45) is 0. The van der Waals surface area contributed by atoms with Crippen LogP contribution >= 0.6 is 27.3 Å². The van der Waals surface area contributed by atoms with Crippen molar-refractivity contribution in [1.29, 1.82) is 0 Å². The van der Waals surface area contributed by atoms with Gasteiger partial charge in [0, 0.05) is 15.9 Å². The first kappa shape index (κ1) is 14.9. The Hall–Kier alpha value is -1.54. The van der Waals surface area contributed by atoms with Crippen LogP contribution in [0.3, 0.4) is 0 Å². The zero-order valence-corrected chi connectivity index (χ0v) is 12.6. The van der Waals surface area contributed by atoms with E-state index in [0.717, 1.165) is 23.5 Å². The van der Waals surface area contributed by atoms with Crippen molar-refractivity contribution < 1.29 is 18.3 Å². The molecule has 0 atom stereocenters. The smallest absolute Gasteiger partial charge is 0.357 e. The predicted molar refractivity (Wildman–Crippen MR) is 75.4 cm³/mol. The molecule has 20 heavy (non-hydrogen) atoms. The highest BCUT2D eigenvalue weighted by Crippen LogP contribution is 2.31. The molecule has 0 saturated carbocycles. The average Bonchev–Trinajstić information content (AvgIpc) is 2.82. The van der Waals surface area contributed by atoms with E-state index >= 15 is 0 Å². The fraction of sp³-hybridized carbons (Fsp3) is 0.167. The van der Waals surface area contributed by atoms with Crippen molar-refractivity contribution >= 4 is 44.1 Å². The fourth-order valence-corrected chi connectivity index (χ4v) is 2.59. The molecule has 0 bridgehead atoms. The van der Waals surface area contributed by atoms with E-state index in [1.807, 2.05) is 0 Å². The highest BCUT2D eigenvalue weighted by molar-refractivity contribution is 9.10. The first-order valence-electron chi connectivity index (χ1n) is 5.55. The Morgan fingerprint density at radius 3 is 2.90 bits per heavy atom. The van der Waals surface area contributed by atoms with Crippen LogP contribution in [0.1, 0.15) is 17.4 Å². The summed E-state index contributed by atoms with van der Waals surface area (Å²) >= 11 is 4.17. The maximum absolute atomic E-state index is 13.6. The number of aromatic nitrogens is 1. The number of hydrogen-bond acceptors (Lipinski definition) is 5. The molecule has 0 aliphatic rings. The number of anilines is 2. The van der Waals surface area contributed by atoms with Crippen molar-refractivity contribution in [3.8, 4) is 0 Å². The summed E-state index contributed by atoms with van der Waals surface area (Å²) < 4.78 is 31.6. The largest absolute Gasteiger partial charge is 0.461 e. The molecule has 8 heteroatoms. The van der Waals surface area contributed by atoms with Gasteiger partial charge in [0.2, 0.25) is 0 Å². The molecule has 4 nitrogen and oxygen atoms in total. The molecule has 1 heterocycles. The first-order valence-corrected chi connectivity index (χ1v) is 7.22. The lowest BCUT2D eigenvalue weighted by molar-refractivity contribution is 0.0520. The number of thiazole rings is 1. The molecule has 2 aromatic rings. The number of nitrogens with zero attached hydrogens (tertiary/aromatic N) is 1. The van der Waals surface area contributed by atoms with Gasteiger partial charge in [0.1, 0.15) is 5.82 Å². The normalized spacial score (nSPS) is 10.4. The second kappa shape index (κ2) is 6.27. The number of nitrogens with one attached hydrogen (secondary N) is 1. The molecule has 1 N–H and O–H groups in total. The number of benzene rings is 1. The predicted octanol–water partition coefficient (Wildman–Crippen LogP) is 4.10. The number of esters is 1. The van der Waals surface area contributed by atoms with Gasteiger partial charge in [-0.25, -0.2) is 18.6 Å². The number of hydrogen-bond donors (Lipinski definition) is 1. The Morgan fingerprint density at radius 1 is 1.50 bits per heavy atom. The third-order valence-electron chi connectivity index (χ3n) is 2.23. The summed E-state index contributed by atoms with van der Waals surface area (Å²) in [6.45, 7) is 1.94. The zero-order valence-electron chi connectivity index (χ0n) is 10.2. The van der Waals surface area contributed by atoms with Crippen LogP contribution in [0.25, 0.3) is 0 Å². The summed E-state index contributed by atoms with van der Waals surface area (Å²) in [4.78, 5) is 15.4. The van der Waals surface area contributed by atoms with E-state index in [4.69, 9.17) is 4.74 Å². The Morgan fingerprint density at radius 2 is 2.25 bits per heavy atom. The highest BCUT2D eigenvalue weighted by atomic mass is 79.9. The van der Waals surface area contributed by atoms with Crippen LogP contribution < -0.4 is 5.32 Å². The van der Waals surface area contributed by atoms with Crippen LogP contribution in [0.2, 0.25) is 0 Å². The zero-order chi connectivity index (χ0) is 14.7. The summed E-state index contributed by atoms with van der Waals surface area (Å²) in [6, 6.07) is 1.89. The highest BCUT2D eigenvalue weighted by Gasteiger charge is 2.14. The molecular weight excluding hydrogens is 354 g/mol. The Balaban J connectivity index is 2.21. The third-order valence-corrected chi connectivity index (χ3v) is 3.61. The van der Waals surface area contributed by atoms with Crippen molar-refractivity contribution in [1.82, 2.24) is 4.98 Å². The lowest BCUT2D eigenvalue weighted by Crippen LogP contribution is -2.05.